The normalized spacial score (nSPS) is 11.4. The van der Waals surface area contributed by atoms with Crippen LogP contribution >= 0.6 is 11.3 Å². The molecule has 20 heavy (non-hydrogen) atoms. The molecule has 0 saturated carbocycles. The zero-order valence-electron chi connectivity index (χ0n) is 10.5. The number of ether oxygens (including phenoxy) is 1. The van der Waals surface area contributed by atoms with Gasteiger partial charge in [-0.15, -0.1) is 24.5 Å². The van der Waals surface area contributed by atoms with E-state index in [1.807, 2.05) is 0 Å². The van der Waals surface area contributed by atoms with Crippen molar-refractivity contribution in [3.63, 3.8) is 0 Å². The number of alkyl halides is 3. The van der Waals surface area contributed by atoms with Gasteiger partial charge in [0, 0.05) is 11.3 Å². The van der Waals surface area contributed by atoms with Gasteiger partial charge in [0.25, 0.3) is 0 Å². The lowest BCUT2D eigenvalue weighted by molar-refractivity contribution is -0.274. The molecule has 0 saturated heterocycles. The maximum absolute atomic E-state index is 12.0. The molecular weight excluding hydrogens is 289 g/mol. The fraction of sp³-hybridized carbons (Fsp3) is 0.214. The lowest BCUT2D eigenvalue weighted by atomic mass is 10.2. The average molecular weight is 300 g/mol. The highest BCUT2D eigenvalue weighted by atomic mass is 32.1. The Morgan fingerprint density at radius 2 is 1.80 bits per heavy atom. The van der Waals surface area contributed by atoms with Gasteiger partial charge in [-0.05, 0) is 42.0 Å². The molecule has 1 aromatic heterocycles. The molecular formula is C14H11F3O2S. The Labute approximate surface area is 117 Å². The Hall–Kier alpha value is -1.82. The first kappa shape index (κ1) is 14.6. The summed E-state index contributed by atoms with van der Waals surface area (Å²) in [5.74, 6) is -0.207. The topological polar surface area (TPSA) is 26.3 Å². The first-order valence-electron chi connectivity index (χ1n) is 5.88. The predicted molar refractivity (Wildman–Crippen MR) is 71.1 cm³/mol. The summed E-state index contributed by atoms with van der Waals surface area (Å²) in [7, 11) is 0. The first-order valence-corrected chi connectivity index (χ1v) is 6.70. The largest absolute Gasteiger partial charge is 0.573 e. The molecule has 0 atom stereocenters. The van der Waals surface area contributed by atoms with Gasteiger partial charge >= 0.3 is 6.36 Å². The van der Waals surface area contributed by atoms with Gasteiger partial charge in [0.1, 0.15) is 5.75 Å². The van der Waals surface area contributed by atoms with Crippen molar-refractivity contribution in [2.75, 3.05) is 0 Å². The van der Waals surface area contributed by atoms with Crippen molar-refractivity contribution in [3.05, 3.63) is 41.3 Å². The Morgan fingerprint density at radius 3 is 2.35 bits per heavy atom. The van der Waals surface area contributed by atoms with E-state index in [2.05, 4.69) is 4.74 Å². The summed E-state index contributed by atoms with van der Waals surface area (Å²) >= 11 is 1.33. The van der Waals surface area contributed by atoms with Crippen LogP contribution in [0.25, 0.3) is 10.4 Å². The van der Waals surface area contributed by atoms with Crippen molar-refractivity contribution in [2.24, 2.45) is 0 Å². The third-order valence-corrected chi connectivity index (χ3v) is 3.75. The quantitative estimate of drug-likeness (QED) is 0.750. The van der Waals surface area contributed by atoms with Crippen molar-refractivity contribution in [1.82, 2.24) is 0 Å². The van der Waals surface area contributed by atoms with E-state index in [0.717, 1.165) is 10.4 Å². The zero-order chi connectivity index (χ0) is 14.8. The number of halogens is 3. The molecule has 0 aliphatic carbocycles. The SMILES string of the molecule is CCC(=O)c1ccc(-c2ccc(OC(F)(F)F)cc2)s1. The predicted octanol–water partition coefficient (Wildman–Crippen LogP) is 4.91. The van der Waals surface area contributed by atoms with E-state index in [1.54, 1.807) is 19.1 Å². The zero-order valence-corrected chi connectivity index (χ0v) is 11.3. The van der Waals surface area contributed by atoms with Crippen LogP contribution in [0.2, 0.25) is 0 Å². The third kappa shape index (κ3) is 3.60. The van der Waals surface area contributed by atoms with Gasteiger partial charge in [0.05, 0.1) is 4.88 Å². The summed E-state index contributed by atoms with van der Waals surface area (Å²) in [5.41, 5.74) is 0.750. The fourth-order valence-corrected chi connectivity index (χ4v) is 2.66. The van der Waals surface area contributed by atoms with Crippen LogP contribution in [0.15, 0.2) is 36.4 Å². The third-order valence-electron chi connectivity index (χ3n) is 2.57. The van der Waals surface area contributed by atoms with E-state index in [0.29, 0.717) is 11.3 Å². The van der Waals surface area contributed by atoms with Gasteiger partial charge in [0.15, 0.2) is 5.78 Å². The number of carbonyl (C=O) groups is 1. The molecule has 1 aromatic carbocycles. The fourth-order valence-electron chi connectivity index (χ4n) is 1.64. The van der Waals surface area contributed by atoms with Crippen LogP contribution in [0, 0.1) is 0 Å². The minimum atomic E-state index is -4.69. The minimum Gasteiger partial charge on any atom is -0.406 e. The second-order valence-electron chi connectivity index (χ2n) is 4.01. The molecule has 0 amide bonds. The number of hydrogen-bond acceptors (Lipinski definition) is 3. The Bertz CT molecular complexity index is 600. The number of rotatable bonds is 4. The van der Waals surface area contributed by atoms with Crippen LogP contribution in [0.5, 0.6) is 5.75 Å². The molecule has 0 aliphatic heterocycles. The number of thiophene rings is 1. The van der Waals surface area contributed by atoms with Crippen molar-refractivity contribution < 1.29 is 22.7 Å². The molecule has 1 heterocycles. The Balaban J connectivity index is 2.18. The van der Waals surface area contributed by atoms with Crippen molar-refractivity contribution in [3.8, 4) is 16.2 Å². The van der Waals surface area contributed by atoms with Crippen LogP contribution < -0.4 is 4.74 Å². The summed E-state index contributed by atoms with van der Waals surface area (Å²) in [6, 6.07) is 9.09. The molecule has 0 N–H and O–H groups in total. The highest BCUT2D eigenvalue weighted by Gasteiger charge is 2.30. The number of ketones is 1. The van der Waals surface area contributed by atoms with E-state index >= 15 is 0 Å². The first-order chi connectivity index (χ1) is 9.39. The van der Waals surface area contributed by atoms with Gasteiger partial charge < -0.3 is 4.74 Å². The number of hydrogen-bond donors (Lipinski definition) is 0. The van der Waals surface area contributed by atoms with Crippen molar-refractivity contribution in [2.45, 2.75) is 19.7 Å². The minimum absolute atomic E-state index is 0.0540. The second kappa shape index (κ2) is 5.66. The summed E-state index contributed by atoms with van der Waals surface area (Å²) in [6.07, 6.45) is -4.26. The lowest BCUT2D eigenvalue weighted by Crippen LogP contribution is -2.16. The molecule has 2 rings (SSSR count). The van der Waals surface area contributed by atoms with Crippen LogP contribution in [-0.4, -0.2) is 12.1 Å². The van der Waals surface area contributed by atoms with Crippen LogP contribution in [0.3, 0.4) is 0 Å². The van der Waals surface area contributed by atoms with Gasteiger partial charge in [-0.1, -0.05) is 6.92 Å². The molecule has 2 nitrogen and oxygen atoms in total. The van der Waals surface area contributed by atoms with Crippen molar-refractivity contribution in [1.29, 1.82) is 0 Å². The number of Topliss-reactive ketones (excluding diaryl/α,β-unsaturated/α-hetero) is 1. The van der Waals surface area contributed by atoms with E-state index in [-0.39, 0.29) is 11.5 Å². The van der Waals surface area contributed by atoms with Crippen molar-refractivity contribution >= 4 is 17.1 Å². The molecule has 0 radical (unpaired) electrons. The van der Waals surface area contributed by atoms with Crippen LogP contribution in [0.4, 0.5) is 13.2 Å². The standard InChI is InChI=1S/C14H11F3O2S/c1-2-11(18)13-8-7-12(20-13)9-3-5-10(6-4-9)19-14(15,16)17/h3-8H,2H2,1H3. The van der Waals surface area contributed by atoms with E-state index < -0.39 is 6.36 Å². The maximum atomic E-state index is 12.0. The summed E-state index contributed by atoms with van der Waals surface area (Å²) < 4.78 is 39.9. The Kier molecular flexibility index (Phi) is 4.13. The number of benzene rings is 1. The molecule has 2 aromatic rings. The second-order valence-corrected chi connectivity index (χ2v) is 5.10. The highest BCUT2D eigenvalue weighted by molar-refractivity contribution is 7.17. The highest BCUT2D eigenvalue weighted by Crippen LogP contribution is 2.31. The van der Waals surface area contributed by atoms with E-state index in [9.17, 15) is 18.0 Å². The molecule has 0 unspecified atom stereocenters. The molecule has 0 aliphatic rings. The van der Waals surface area contributed by atoms with Gasteiger partial charge in [-0.3, -0.25) is 4.79 Å². The smallest absolute Gasteiger partial charge is 0.406 e. The average Bonchev–Trinajstić information content (AvgIpc) is 2.86. The number of carbonyl (C=O) groups excluding carboxylic acids is 1. The summed E-state index contributed by atoms with van der Waals surface area (Å²) in [4.78, 5) is 13.0. The lowest BCUT2D eigenvalue weighted by Gasteiger charge is -2.08. The van der Waals surface area contributed by atoms with Gasteiger partial charge in [-0.25, -0.2) is 0 Å². The maximum Gasteiger partial charge on any atom is 0.573 e. The molecule has 0 fully saturated rings. The molecule has 0 bridgehead atoms. The summed E-state index contributed by atoms with van der Waals surface area (Å²) in [5, 5.41) is 0. The monoisotopic (exact) mass is 300 g/mol. The molecule has 0 spiro atoms. The molecule has 106 valence electrons. The Morgan fingerprint density at radius 1 is 1.15 bits per heavy atom. The van der Waals surface area contributed by atoms with Crippen LogP contribution in [0.1, 0.15) is 23.0 Å². The van der Waals surface area contributed by atoms with Gasteiger partial charge in [-0.2, -0.15) is 0 Å². The molecule has 6 heteroatoms. The van der Waals surface area contributed by atoms with E-state index in [1.165, 1.54) is 35.6 Å². The summed E-state index contributed by atoms with van der Waals surface area (Å²) in [6.45, 7) is 1.78. The van der Waals surface area contributed by atoms with Crippen LogP contribution in [-0.2, 0) is 0 Å². The van der Waals surface area contributed by atoms with E-state index in [4.69, 9.17) is 0 Å². The van der Waals surface area contributed by atoms with Gasteiger partial charge in [0.2, 0.25) is 0 Å².